The first-order valence-electron chi connectivity index (χ1n) is 7.78. The smallest absolute Gasteiger partial charge is 0.225 e. The molecule has 1 aliphatic rings. The Morgan fingerprint density at radius 3 is 2.91 bits per heavy atom. The van der Waals surface area contributed by atoms with E-state index in [0.29, 0.717) is 11.8 Å². The van der Waals surface area contributed by atoms with Gasteiger partial charge in [0.05, 0.1) is 11.6 Å². The van der Waals surface area contributed by atoms with Gasteiger partial charge in [-0.2, -0.15) is 4.98 Å². The maximum Gasteiger partial charge on any atom is 0.225 e. The van der Waals surface area contributed by atoms with E-state index in [1.54, 1.807) is 6.07 Å². The zero-order chi connectivity index (χ0) is 15.8. The van der Waals surface area contributed by atoms with E-state index >= 15 is 0 Å². The van der Waals surface area contributed by atoms with Crippen LogP contribution in [0.25, 0.3) is 10.9 Å². The number of nitrogens with one attached hydrogen (secondary N) is 1. The Labute approximate surface area is 133 Å². The van der Waals surface area contributed by atoms with Gasteiger partial charge in [-0.15, -0.1) is 0 Å². The molecule has 0 aliphatic heterocycles. The number of fused-ring (bicyclic) bond motifs is 2. The molecule has 0 radical (unpaired) electrons. The molecule has 4 nitrogen and oxygen atoms in total. The standard InChI is InChI=1S/C18H17FN4/c19-12-9-8-11-4-3-7-16(14(11)10-12)22-18-21-15-6-2-1-5-13(15)17(20)23-18/h1-2,5-6,8-10,16H,3-4,7H2,(H3,20,21,22,23). The Balaban J connectivity index is 1.71. The van der Waals surface area contributed by atoms with E-state index < -0.39 is 0 Å². The SMILES string of the molecule is Nc1nc(NC2CCCc3ccc(F)cc32)nc2ccccc12. The number of hydrogen-bond acceptors (Lipinski definition) is 4. The lowest BCUT2D eigenvalue weighted by Crippen LogP contribution is -2.19. The normalized spacial score (nSPS) is 17.0. The Hall–Kier alpha value is -2.69. The fraction of sp³-hybridized carbons (Fsp3) is 0.222. The average molecular weight is 308 g/mol. The molecule has 1 atom stereocenters. The van der Waals surface area contributed by atoms with Crippen LogP contribution in [-0.4, -0.2) is 9.97 Å². The molecule has 0 fully saturated rings. The molecule has 0 saturated heterocycles. The highest BCUT2D eigenvalue weighted by molar-refractivity contribution is 5.88. The van der Waals surface area contributed by atoms with Crippen LogP contribution < -0.4 is 11.1 Å². The Bertz CT molecular complexity index is 878. The maximum absolute atomic E-state index is 13.6. The summed E-state index contributed by atoms with van der Waals surface area (Å²) in [5.74, 6) is 0.730. The molecule has 0 saturated carbocycles. The van der Waals surface area contributed by atoms with Gasteiger partial charge in [-0.05, 0) is 54.7 Å². The summed E-state index contributed by atoms with van der Waals surface area (Å²) in [6.45, 7) is 0. The molecule has 4 rings (SSSR count). The van der Waals surface area contributed by atoms with Crippen LogP contribution in [0.2, 0.25) is 0 Å². The molecule has 5 heteroatoms. The molecule has 1 aromatic heterocycles. The summed E-state index contributed by atoms with van der Waals surface area (Å²) in [5.41, 5.74) is 9.01. The van der Waals surface area contributed by atoms with E-state index in [4.69, 9.17) is 5.73 Å². The number of para-hydroxylation sites is 1. The highest BCUT2D eigenvalue weighted by atomic mass is 19.1. The highest BCUT2D eigenvalue weighted by Gasteiger charge is 2.21. The van der Waals surface area contributed by atoms with Crippen molar-refractivity contribution in [2.24, 2.45) is 0 Å². The fourth-order valence-corrected chi connectivity index (χ4v) is 3.24. The van der Waals surface area contributed by atoms with Crippen LogP contribution in [0.1, 0.15) is 30.0 Å². The largest absolute Gasteiger partial charge is 0.383 e. The van der Waals surface area contributed by atoms with Crippen LogP contribution in [0.3, 0.4) is 0 Å². The van der Waals surface area contributed by atoms with Gasteiger partial charge in [0.1, 0.15) is 11.6 Å². The second kappa shape index (κ2) is 5.50. The summed E-state index contributed by atoms with van der Waals surface area (Å²) in [5, 5.41) is 4.17. The number of anilines is 2. The number of halogens is 1. The van der Waals surface area contributed by atoms with Crippen molar-refractivity contribution in [3.63, 3.8) is 0 Å². The summed E-state index contributed by atoms with van der Waals surface area (Å²) in [6, 6.07) is 12.7. The van der Waals surface area contributed by atoms with E-state index in [0.717, 1.165) is 35.7 Å². The van der Waals surface area contributed by atoms with Gasteiger partial charge in [-0.1, -0.05) is 18.2 Å². The Morgan fingerprint density at radius 2 is 2.00 bits per heavy atom. The number of aryl methyl sites for hydroxylation is 1. The first kappa shape index (κ1) is 13.9. The van der Waals surface area contributed by atoms with Crippen LogP contribution in [0, 0.1) is 5.82 Å². The zero-order valence-electron chi connectivity index (χ0n) is 12.6. The monoisotopic (exact) mass is 308 g/mol. The number of benzene rings is 2. The van der Waals surface area contributed by atoms with Crippen molar-refractivity contribution in [1.29, 1.82) is 0 Å². The minimum Gasteiger partial charge on any atom is -0.383 e. The zero-order valence-corrected chi connectivity index (χ0v) is 12.6. The quantitative estimate of drug-likeness (QED) is 0.755. The summed E-state index contributed by atoms with van der Waals surface area (Å²) in [7, 11) is 0. The number of hydrogen-bond donors (Lipinski definition) is 2. The van der Waals surface area contributed by atoms with Gasteiger partial charge in [0.15, 0.2) is 0 Å². The van der Waals surface area contributed by atoms with Gasteiger partial charge in [0, 0.05) is 5.39 Å². The lowest BCUT2D eigenvalue weighted by atomic mass is 9.87. The molecule has 1 unspecified atom stereocenters. The minimum absolute atomic E-state index is 0.00927. The van der Waals surface area contributed by atoms with Crippen molar-refractivity contribution in [2.75, 3.05) is 11.1 Å². The maximum atomic E-state index is 13.6. The fourth-order valence-electron chi connectivity index (χ4n) is 3.24. The van der Waals surface area contributed by atoms with Crippen LogP contribution in [0.5, 0.6) is 0 Å². The molecule has 0 amide bonds. The van der Waals surface area contributed by atoms with E-state index in [-0.39, 0.29) is 11.9 Å². The molecule has 0 bridgehead atoms. The van der Waals surface area contributed by atoms with Gasteiger partial charge in [0.25, 0.3) is 0 Å². The topological polar surface area (TPSA) is 63.8 Å². The summed E-state index contributed by atoms with van der Waals surface area (Å²) < 4.78 is 13.6. The van der Waals surface area contributed by atoms with E-state index in [1.165, 1.54) is 11.6 Å². The predicted molar refractivity (Wildman–Crippen MR) is 89.7 cm³/mol. The van der Waals surface area contributed by atoms with Crippen molar-refractivity contribution in [3.8, 4) is 0 Å². The average Bonchev–Trinajstić information content (AvgIpc) is 2.55. The van der Waals surface area contributed by atoms with Crippen molar-refractivity contribution in [1.82, 2.24) is 9.97 Å². The van der Waals surface area contributed by atoms with E-state index in [1.807, 2.05) is 30.3 Å². The lowest BCUT2D eigenvalue weighted by Gasteiger charge is -2.26. The van der Waals surface area contributed by atoms with Gasteiger partial charge in [0.2, 0.25) is 5.95 Å². The van der Waals surface area contributed by atoms with Crippen molar-refractivity contribution in [2.45, 2.75) is 25.3 Å². The molecule has 1 heterocycles. The molecular weight excluding hydrogens is 291 g/mol. The first-order valence-corrected chi connectivity index (χ1v) is 7.78. The van der Waals surface area contributed by atoms with Crippen LogP contribution in [0.4, 0.5) is 16.2 Å². The molecule has 3 N–H and O–H groups in total. The van der Waals surface area contributed by atoms with Crippen LogP contribution >= 0.6 is 0 Å². The van der Waals surface area contributed by atoms with Gasteiger partial charge >= 0.3 is 0 Å². The third-order valence-electron chi connectivity index (χ3n) is 4.36. The van der Waals surface area contributed by atoms with Crippen molar-refractivity contribution < 1.29 is 4.39 Å². The summed E-state index contributed by atoms with van der Waals surface area (Å²) in [6.07, 6.45) is 2.96. The number of nitrogen functional groups attached to an aromatic ring is 1. The third-order valence-corrected chi connectivity index (χ3v) is 4.36. The molecule has 0 spiro atoms. The van der Waals surface area contributed by atoms with Gasteiger partial charge < -0.3 is 11.1 Å². The van der Waals surface area contributed by atoms with Crippen LogP contribution in [0.15, 0.2) is 42.5 Å². The number of rotatable bonds is 2. The molecule has 1 aliphatic carbocycles. The lowest BCUT2D eigenvalue weighted by molar-refractivity contribution is 0.577. The van der Waals surface area contributed by atoms with Gasteiger partial charge in [-0.25, -0.2) is 9.37 Å². The second-order valence-electron chi connectivity index (χ2n) is 5.88. The van der Waals surface area contributed by atoms with Crippen molar-refractivity contribution >= 4 is 22.7 Å². The van der Waals surface area contributed by atoms with Crippen molar-refractivity contribution in [3.05, 3.63) is 59.4 Å². The minimum atomic E-state index is -0.212. The highest BCUT2D eigenvalue weighted by Crippen LogP contribution is 2.33. The Morgan fingerprint density at radius 1 is 1.13 bits per heavy atom. The van der Waals surface area contributed by atoms with Gasteiger partial charge in [-0.3, -0.25) is 0 Å². The Kier molecular flexibility index (Phi) is 3.33. The second-order valence-corrected chi connectivity index (χ2v) is 5.88. The number of aromatic nitrogens is 2. The number of nitrogens with zero attached hydrogens (tertiary/aromatic N) is 2. The summed E-state index contributed by atoms with van der Waals surface area (Å²) in [4.78, 5) is 8.88. The molecular formula is C18H17FN4. The van der Waals surface area contributed by atoms with E-state index in [2.05, 4.69) is 15.3 Å². The third kappa shape index (κ3) is 2.59. The molecule has 23 heavy (non-hydrogen) atoms. The first-order chi connectivity index (χ1) is 11.2. The summed E-state index contributed by atoms with van der Waals surface area (Å²) >= 11 is 0. The number of nitrogens with two attached hydrogens (primary N) is 1. The van der Waals surface area contributed by atoms with E-state index in [9.17, 15) is 4.39 Å². The molecule has 116 valence electrons. The molecule has 3 aromatic rings. The predicted octanol–water partition coefficient (Wildman–Crippen LogP) is 3.84. The van der Waals surface area contributed by atoms with Crippen LogP contribution in [-0.2, 0) is 6.42 Å². The molecule has 2 aromatic carbocycles.